The second-order valence-corrected chi connectivity index (χ2v) is 8.45. The van der Waals surface area contributed by atoms with E-state index in [-0.39, 0.29) is 17.0 Å². The van der Waals surface area contributed by atoms with Crippen molar-refractivity contribution in [2.45, 2.75) is 26.8 Å². The van der Waals surface area contributed by atoms with Gasteiger partial charge >= 0.3 is 5.97 Å². The van der Waals surface area contributed by atoms with Crippen molar-refractivity contribution in [3.8, 4) is 11.3 Å². The van der Waals surface area contributed by atoms with Crippen LogP contribution in [0.3, 0.4) is 0 Å². The second-order valence-electron chi connectivity index (χ2n) is 8.45. The molecule has 0 aliphatic rings. The fourth-order valence-corrected chi connectivity index (χ4v) is 4.32. The van der Waals surface area contributed by atoms with Crippen molar-refractivity contribution in [2.75, 3.05) is 5.32 Å². The first-order valence-corrected chi connectivity index (χ1v) is 10.9. The van der Waals surface area contributed by atoms with E-state index in [2.05, 4.69) is 10.4 Å². The number of anilines is 1. The maximum Gasteiger partial charge on any atom is 0.337 e. The van der Waals surface area contributed by atoms with Crippen LogP contribution in [0.1, 0.15) is 40.0 Å². The van der Waals surface area contributed by atoms with E-state index in [9.17, 15) is 14.7 Å². The van der Waals surface area contributed by atoms with Crippen molar-refractivity contribution in [3.05, 3.63) is 99.5 Å². The van der Waals surface area contributed by atoms with Crippen LogP contribution in [0.15, 0.2) is 76.2 Å². The Morgan fingerprint density at radius 1 is 1.12 bits per heavy atom. The Labute approximate surface area is 195 Å². The third kappa shape index (κ3) is 3.61. The van der Waals surface area contributed by atoms with Gasteiger partial charge in [-0.25, -0.2) is 9.31 Å². The zero-order valence-electron chi connectivity index (χ0n) is 19.0. The SMILES string of the molecule is Cc1cc(C(C)Nc2ccccc2C(=O)O)c2oc(-c3ccc4ccnn4c3)c(C)c(=O)c2c1. The van der Waals surface area contributed by atoms with Gasteiger partial charge in [0.15, 0.2) is 5.43 Å². The van der Waals surface area contributed by atoms with Crippen LogP contribution in [-0.4, -0.2) is 20.7 Å². The van der Waals surface area contributed by atoms with Gasteiger partial charge in [0.25, 0.3) is 0 Å². The zero-order valence-corrected chi connectivity index (χ0v) is 19.0. The number of nitrogens with zero attached hydrogens (tertiary/aromatic N) is 2. The Balaban J connectivity index is 1.68. The summed E-state index contributed by atoms with van der Waals surface area (Å²) in [4.78, 5) is 25.0. The molecule has 3 aromatic heterocycles. The third-order valence-electron chi connectivity index (χ3n) is 6.05. The molecule has 0 spiro atoms. The molecule has 34 heavy (non-hydrogen) atoms. The number of aromatic nitrogens is 2. The number of fused-ring (bicyclic) bond motifs is 2. The highest BCUT2D eigenvalue weighted by atomic mass is 16.4. The van der Waals surface area contributed by atoms with Gasteiger partial charge in [-0.1, -0.05) is 18.2 Å². The molecule has 0 amide bonds. The van der Waals surface area contributed by atoms with E-state index < -0.39 is 5.97 Å². The van der Waals surface area contributed by atoms with Crippen molar-refractivity contribution in [1.82, 2.24) is 9.61 Å². The third-order valence-corrected chi connectivity index (χ3v) is 6.05. The van der Waals surface area contributed by atoms with Gasteiger partial charge in [0, 0.05) is 34.8 Å². The van der Waals surface area contributed by atoms with E-state index in [0.717, 1.165) is 22.2 Å². The number of para-hydroxylation sites is 1. The molecule has 0 aliphatic carbocycles. The average Bonchev–Trinajstić information content (AvgIpc) is 3.29. The topological polar surface area (TPSA) is 96.8 Å². The maximum atomic E-state index is 13.4. The standard InChI is InChI=1S/C27H23N3O4/c1-15-12-21(17(3)29-23-7-5-4-6-20(23)27(32)33)26-22(13-15)24(31)16(2)25(34-26)18-8-9-19-10-11-28-30(19)14-18/h4-14,17,29H,1-3H3,(H,32,33). The van der Waals surface area contributed by atoms with Crippen LogP contribution in [-0.2, 0) is 0 Å². The first-order chi connectivity index (χ1) is 16.3. The molecule has 5 rings (SSSR count). The lowest BCUT2D eigenvalue weighted by atomic mass is 9.98. The van der Waals surface area contributed by atoms with Crippen LogP contribution in [0.5, 0.6) is 0 Å². The first kappa shape index (κ1) is 21.5. The fourth-order valence-electron chi connectivity index (χ4n) is 4.32. The van der Waals surface area contributed by atoms with Gasteiger partial charge in [-0.3, -0.25) is 4.79 Å². The first-order valence-electron chi connectivity index (χ1n) is 10.9. The number of hydrogen-bond donors (Lipinski definition) is 2. The van der Waals surface area contributed by atoms with Gasteiger partial charge in [0.05, 0.1) is 22.5 Å². The lowest BCUT2D eigenvalue weighted by molar-refractivity contribution is 0.0698. The molecule has 0 radical (unpaired) electrons. The minimum absolute atomic E-state index is 0.0973. The minimum Gasteiger partial charge on any atom is -0.478 e. The van der Waals surface area contributed by atoms with Crippen molar-refractivity contribution >= 4 is 28.1 Å². The summed E-state index contributed by atoms with van der Waals surface area (Å²) in [5, 5.41) is 17.6. The summed E-state index contributed by atoms with van der Waals surface area (Å²) in [6.45, 7) is 5.61. The van der Waals surface area contributed by atoms with Crippen LogP contribution < -0.4 is 10.7 Å². The molecule has 2 aromatic carbocycles. The lowest BCUT2D eigenvalue weighted by Gasteiger charge is -2.20. The molecule has 0 saturated carbocycles. The number of carbonyl (C=O) groups is 1. The highest BCUT2D eigenvalue weighted by molar-refractivity contribution is 5.94. The lowest BCUT2D eigenvalue weighted by Crippen LogP contribution is -2.14. The Morgan fingerprint density at radius 2 is 1.91 bits per heavy atom. The highest BCUT2D eigenvalue weighted by Gasteiger charge is 2.20. The molecule has 170 valence electrons. The largest absolute Gasteiger partial charge is 0.478 e. The van der Waals surface area contributed by atoms with Crippen molar-refractivity contribution in [3.63, 3.8) is 0 Å². The molecule has 0 bridgehead atoms. The summed E-state index contributed by atoms with van der Waals surface area (Å²) < 4.78 is 8.15. The van der Waals surface area contributed by atoms with Crippen LogP contribution in [0.25, 0.3) is 27.8 Å². The number of pyridine rings is 1. The normalized spacial score (nSPS) is 12.2. The van der Waals surface area contributed by atoms with E-state index in [4.69, 9.17) is 4.42 Å². The molecule has 7 heteroatoms. The summed E-state index contributed by atoms with van der Waals surface area (Å²) in [5.74, 6) is -0.527. The van der Waals surface area contributed by atoms with Gasteiger partial charge in [0.2, 0.25) is 0 Å². The Bertz CT molecular complexity index is 1630. The fraction of sp³-hybridized carbons (Fsp3) is 0.148. The summed E-state index contributed by atoms with van der Waals surface area (Å²) in [5.41, 5.74) is 4.95. The Hall–Kier alpha value is -4.39. The van der Waals surface area contributed by atoms with Crippen LogP contribution in [0.2, 0.25) is 0 Å². The highest BCUT2D eigenvalue weighted by Crippen LogP contribution is 2.32. The van der Waals surface area contributed by atoms with Crippen LogP contribution >= 0.6 is 0 Å². The van der Waals surface area contributed by atoms with E-state index in [1.165, 1.54) is 0 Å². The van der Waals surface area contributed by atoms with Gasteiger partial charge in [-0.2, -0.15) is 5.10 Å². The van der Waals surface area contributed by atoms with Gasteiger partial charge in [-0.05, 0) is 62.7 Å². The summed E-state index contributed by atoms with van der Waals surface area (Å²) in [6, 6.07) is 15.9. The molecule has 2 N–H and O–H groups in total. The molecular weight excluding hydrogens is 430 g/mol. The summed E-state index contributed by atoms with van der Waals surface area (Å²) in [7, 11) is 0. The average molecular weight is 453 g/mol. The summed E-state index contributed by atoms with van der Waals surface area (Å²) >= 11 is 0. The molecule has 3 heterocycles. The predicted octanol–water partition coefficient (Wildman–Crippen LogP) is 5.60. The predicted molar refractivity (Wildman–Crippen MR) is 132 cm³/mol. The molecule has 5 aromatic rings. The van der Waals surface area contributed by atoms with Crippen LogP contribution in [0.4, 0.5) is 5.69 Å². The van der Waals surface area contributed by atoms with Gasteiger partial charge in [-0.15, -0.1) is 0 Å². The number of rotatable bonds is 5. The molecule has 0 fully saturated rings. The molecule has 1 unspecified atom stereocenters. The van der Waals surface area contributed by atoms with Crippen molar-refractivity contribution < 1.29 is 14.3 Å². The van der Waals surface area contributed by atoms with Crippen LogP contribution in [0, 0.1) is 13.8 Å². The maximum absolute atomic E-state index is 13.4. The number of aromatic carboxylic acids is 1. The van der Waals surface area contributed by atoms with Crippen molar-refractivity contribution in [1.29, 1.82) is 0 Å². The van der Waals surface area contributed by atoms with Gasteiger partial charge in [0.1, 0.15) is 11.3 Å². The van der Waals surface area contributed by atoms with E-state index in [1.54, 1.807) is 41.9 Å². The van der Waals surface area contributed by atoms with Crippen molar-refractivity contribution in [2.24, 2.45) is 0 Å². The zero-order chi connectivity index (χ0) is 24.0. The van der Waals surface area contributed by atoms with Gasteiger partial charge < -0.3 is 14.8 Å². The monoisotopic (exact) mass is 453 g/mol. The number of aryl methyl sites for hydroxylation is 1. The summed E-state index contributed by atoms with van der Waals surface area (Å²) in [6.07, 6.45) is 3.55. The Kier molecular flexibility index (Phi) is 5.17. The molecule has 0 aliphatic heterocycles. The Morgan fingerprint density at radius 3 is 2.71 bits per heavy atom. The molecular formula is C27H23N3O4. The van der Waals surface area contributed by atoms with E-state index in [0.29, 0.717) is 28.0 Å². The molecule has 7 nitrogen and oxygen atoms in total. The number of nitrogens with one attached hydrogen (secondary N) is 1. The number of carboxylic acid groups (broad SMARTS) is 1. The van der Waals surface area contributed by atoms with E-state index in [1.807, 2.05) is 50.4 Å². The molecule has 1 atom stereocenters. The van der Waals surface area contributed by atoms with E-state index >= 15 is 0 Å². The number of hydrogen-bond acceptors (Lipinski definition) is 5. The molecule has 0 saturated heterocycles. The smallest absolute Gasteiger partial charge is 0.337 e. The number of carboxylic acids is 1. The second kappa shape index (κ2) is 8.19. The number of benzene rings is 2. The quantitative estimate of drug-likeness (QED) is 0.360. The minimum atomic E-state index is -1.01.